The molecule has 0 radical (unpaired) electrons. The van der Waals surface area contributed by atoms with Gasteiger partial charge in [0.1, 0.15) is 22.6 Å². The highest BCUT2D eigenvalue weighted by molar-refractivity contribution is 7.99. The van der Waals surface area contributed by atoms with Crippen molar-refractivity contribution in [2.75, 3.05) is 13.2 Å². The van der Waals surface area contributed by atoms with E-state index in [0.29, 0.717) is 5.44 Å². The SMILES string of the molecule is FCCNC(=C(Cl)Cl)[P+](c1ccccc1)(c1ccccc1)c1ccccc1. The molecule has 138 valence electrons. The van der Waals surface area contributed by atoms with E-state index in [0.717, 1.165) is 15.9 Å². The molecule has 1 nitrogen and oxygen atoms in total. The molecule has 0 spiro atoms. The Morgan fingerprint density at radius 3 is 1.37 bits per heavy atom. The van der Waals surface area contributed by atoms with Gasteiger partial charge in [-0.05, 0) is 36.4 Å². The van der Waals surface area contributed by atoms with Gasteiger partial charge in [0, 0.05) is 6.54 Å². The molecule has 27 heavy (non-hydrogen) atoms. The molecule has 0 aliphatic heterocycles. The zero-order chi connectivity index (χ0) is 19.1. The molecule has 0 amide bonds. The predicted octanol–water partition coefficient (Wildman–Crippen LogP) is 5.14. The summed E-state index contributed by atoms with van der Waals surface area (Å²) in [4.78, 5) is 0. The zero-order valence-electron chi connectivity index (χ0n) is 14.7. The van der Waals surface area contributed by atoms with Crippen molar-refractivity contribution in [3.63, 3.8) is 0 Å². The molecule has 3 aromatic rings. The van der Waals surface area contributed by atoms with Gasteiger partial charge in [0.25, 0.3) is 0 Å². The Labute approximate surface area is 170 Å². The van der Waals surface area contributed by atoms with Gasteiger partial charge < -0.3 is 5.32 Å². The van der Waals surface area contributed by atoms with Crippen LogP contribution in [0.4, 0.5) is 4.39 Å². The molecular weight excluding hydrogens is 399 g/mol. The third kappa shape index (κ3) is 4.04. The molecule has 5 heteroatoms. The number of benzene rings is 3. The highest BCUT2D eigenvalue weighted by Gasteiger charge is 2.51. The summed E-state index contributed by atoms with van der Waals surface area (Å²) in [6, 6.07) is 30.5. The highest BCUT2D eigenvalue weighted by atomic mass is 35.5. The third-order valence-corrected chi connectivity index (χ3v) is 9.24. The number of hydrogen-bond acceptors (Lipinski definition) is 1. The topological polar surface area (TPSA) is 12.0 Å². The first-order valence-electron chi connectivity index (χ1n) is 8.63. The van der Waals surface area contributed by atoms with Gasteiger partial charge in [0.15, 0.2) is 11.8 Å². The van der Waals surface area contributed by atoms with Gasteiger partial charge in [-0.25, -0.2) is 4.39 Å². The van der Waals surface area contributed by atoms with Gasteiger partial charge in [-0.1, -0.05) is 77.8 Å². The summed E-state index contributed by atoms with van der Waals surface area (Å²) in [7, 11) is -2.41. The Morgan fingerprint density at radius 1 is 0.704 bits per heavy atom. The molecule has 0 atom stereocenters. The average molecular weight is 419 g/mol. The molecule has 1 N–H and O–H groups in total. The van der Waals surface area contributed by atoms with Crippen LogP contribution in [0.1, 0.15) is 0 Å². The Kier molecular flexibility index (Phi) is 6.90. The van der Waals surface area contributed by atoms with Crippen molar-refractivity contribution < 1.29 is 4.39 Å². The molecule has 3 aromatic carbocycles. The van der Waals surface area contributed by atoms with Gasteiger partial charge in [0.05, 0.1) is 0 Å². The van der Waals surface area contributed by atoms with Crippen LogP contribution < -0.4 is 21.2 Å². The van der Waals surface area contributed by atoms with Crippen LogP contribution in [-0.4, -0.2) is 13.2 Å². The van der Waals surface area contributed by atoms with Crippen molar-refractivity contribution in [1.82, 2.24) is 5.32 Å². The quantitative estimate of drug-likeness (QED) is 0.523. The maximum Gasteiger partial charge on any atom is 0.203 e. The van der Waals surface area contributed by atoms with E-state index >= 15 is 0 Å². The summed E-state index contributed by atoms with van der Waals surface area (Å²) in [6.45, 7) is -0.366. The van der Waals surface area contributed by atoms with Gasteiger partial charge >= 0.3 is 0 Å². The van der Waals surface area contributed by atoms with Crippen LogP contribution in [0.5, 0.6) is 0 Å². The Morgan fingerprint density at radius 2 is 1.07 bits per heavy atom. The molecule has 0 unspecified atom stereocenters. The van der Waals surface area contributed by atoms with E-state index in [1.54, 1.807) is 0 Å². The number of rotatable bonds is 7. The Bertz CT molecular complexity index is 785. The van der Waals surface area contributed by atoms with E-state index in [1.165, 1.54) is 0 Å². The van der Waals surface area contributed by atoms with Crippen LogP contribution in [0.3, 0.4) is 0 Å². The van der Waals surface area contributed by atoms with Crippen molar-refractivity contribution in [2.24, 2.45) is 0 Å². The molecule has 0 saturated carbocycles. The summed E-state index contributed by atoms with van der Waals surface area (Å²) < 4.78 is 13.2. The fourth-order valence-electron chi connectivity index (χ4n) is 3.27. The predicted molar refractivity (Wildman–Crippen MR) is 118 cm³/mol. The molecule has 0 saturated heterocycles. The first-order valence-corrected chi connectivity index (χ1v) is 11.2. The van der Waals surface area contributed by atoms with E-state index < -0.39 is 13.9 Å². The standard InChI is InChI=1S/C22H20Cl2FNP/c23-21(24)22(26-17-16-25)27(18-10-4-1-5-11-18,19-12-6-2-7-13-19)20-14-8-3-9-15-20/h1-15,26H,16-17H2/q+1. The van der Waals surface area contributed by atoms with Crippen molar-refractivity contribution in [2.45, 2.75) is 0 Å². The van der Waals surface area contributed by atoms with Gasteiger partial charge in [-0.2, -0.15) is 0 Å². The zero-order valence-corrected chi connectivity index (χ0v) is 17.1. The first-order chi connectivity index (χ1) is 13.2. The minimum atomic E-state index is -2.41. The lowest BCUT2D eigenvalue weighted by Crippen LogP contribution is -2.37. The Hall–Kier alpha value is -1.86. The van der Waals surface area contributed by atoms with Crippen molar-refractivity contribution in [3.8, 4) is 0 Å². The number of hydrogen-bond donors (Lipinski definition) is 1. The third-order valence-electron chi connectivity index (χ3n) is 4.33. The molecule has 0 aromatic heterocycles. The van der Waals surface area contributed by atoms with E-state index in [4.69, 9.17) is 23.2 Å². The lowest BCUT2D eigenvalue weighted by molar-refractivity contribution is 0.485. The van der Waals surface area contributed by atoms with Crippen LogP contribution >= 0.6 is 30.5 Å². The fraction of sp³-hybridized carbons (Fsp3) is 0.0909. The number of nitrogens with one attached hydrogen (secondary N) is 1. The smallest absolute Gasteiger partial charge is 0.203 e. The molecule has 0 heterocycles. The average Bonchev–Trinajstić information content (AvgIpc) is 2.73. The molecule has 3 rings (SSSR count). The normalized spacial score (nSPS) is 11.1. The van der Waals surface area contributed by atoms with Crippen molar-refractivity contribution in [3.05, 3.63) is 101 Å². The van der Waals surface area contributed by atoms with Crippen molar-refractivity contribution >= 4 is 46.4 Å². The summed E-state index contributed by atoms with van der Waals surface area (Å²) in [5.74, 6) is 0. The van der Waals surface area contributed by atoms with Crippen LogP contribution in [0, 0.1) is 0 Å². The maximum absolute atomic E-state index is 13.1. The molecular formula is C22H20Cl2FNP+. The van der Waals surface area contributed by atoms with Gasteiger partial charge in [-0.15, -0.1) is 0 Å². The van der Waals surface area contributed by atoms with E-state index in [-0.39, 0.29) is 11.0 Å². The first kappa shape index (κ1) is 19.9. The summed E-state index contributed by atoms with van der Waals surface area (Å²) in [5.41, 5.74) is 0.673. The summed E-state index contributed by atoms with van der Waals surface area (Å²) in [5, 5.41) is 6.49. The van der Waals surface area contributed by atoms with Crippen LogP contribution in [0.15, 0.2) is 101 Å². The maximum atomic E-state index is 13.1. The Balaban J connectivity index is 2.41. The number of alkyl halides is 1. The van der Waals surface area contributed by atoms with Crippen LogP contribution in [-0.2, 0) is 0 Å². The summed E-state index contributed by atoms with van der Waals surface area (Å²) in [6.07, 6.45) is 0. The molecule has 0 bridgehead atoms. The van der Waals surface area contributed by atoms with Crippen molar-refractivity contribution in [1.29, 1.82) is 0 Å². The van der Waals surface area contributed by atoms with Crippen LogP contribution in [0.2, 0.25) is 0 Å². The van der Waals surface area contributed by atoms with E-state index in [1.807, 2.05) is 54.6 Å². The fourth-order valence-corrected chi connectivity index (χ4v) is 8.29. The van der Waals surface area contributed by atoms with Gasteiger partial charge in [0.2, 0.25) is 5.44 Å². The number of halogens is 3. The van der Waals surface area contributed by atoms with Gasteiger partial charge in [-0.3, -0.25) is 0 Å². The minimum absolute atomic E-state index is 0.133. The highest BCUT2D eigenvalue weighted by Crippen LogP contribution is 2.62. The second kappa shape index (κ2) is 9.37. The van der Waals surface area contributed by atoms with E-state index in [9.17, 15) is 4.39 Å². The minimum Gasteiger partial charge on any atom is -0.351 e. The largest absolute Gasteiger partial charge is 0.351 e. The summed E-state index contributed by atoms with van der Waals surface area (Å²) >= 11 is 12.8. The monoisotopic (exact) mass is 418 g/mol. The molecule has 0 aliphatic carbocycles. The molecule has 0 aliphatic rings. The second-order valence-corrected chi connectivity index (χ2v) is 10.2. The lowest BCUT2D eigenvalue weighted by atomic mass is 10.4. The molecule has 0 fully saturated rings. The second-order valence-electron chi connectivity index (χ2n) is 5.90. The van der Waals surface area contributed by atoms with E-state index in [2.05, 4.69) is 41.7 Å². The lowest BCUT2D eigenvalue weighted by Gasteiger charge is -2.29. The van der Waals surface area contributed by atoms with Crippen LogP contribution in [0.25, 0.3) is 0 Å².